The highest BCUT2D eigenvalue weighted by Crippen LogP contribution is 2.28. The van der Waals surface area contributed by atoms with Crippen molar-refractivity contribution in [3.05, 3.63) is 41.2 Å². The first-order valence-corrected chi connectivity index (χ1v) is 5.89. The maximum absolute atomic E-state index is 11.3. The van der Waals surface area contributed by atoms with E-state index in [9.17, 15) is 9.90 Å². The van der Waals surface area contributed by atoms with Crippen molar-refractivity contribution in [3.63, 3.8) is 0 Å². The lowest BCUT2D eigenvalue weighted by molar-refractivity contribution is 0.0697. The summed E-state index contributed by atoms with van der Waals surface area (Å²) in [6.45, 7) is 3.97. The zero-order valence-corrected chi connectivity index (χ0v) is 10.8. The molecule has 0 bridgehead atoms. The zero-order valence-electron chi connectivity index (χ0n) is 10.8. The van der Waals surface area contributed by atoms with Crippen LogP contribution in [-0.4, -0.2) is 20.9 Å². The van der Waals surface area contributed by atoms with E-state index >= 15 is 0 Å². The molecule has 4 heteroatoms. The Labute approximate surface area is 106 Å². The third-order valence-corrected chi connectivity index (χ3v) is 2.94. The Morgan fingerprint density at radius 2 is 2.11 bits per heavy atom. The van der Waals surface area contributed by atoms with Gasteiger partial charge in [0.05, 0.1) is 11.3 Å². The monoisotopic (exact) mass is 244 g/mol. The topological polar surface area (TPSA) is 55.1 Å². The first-order valence-electron chi connectivity index (χ1n) is 5.89. The minimum atomic E-state index is -0.907. The maximum atomic E-state index is 11.3. The smallest absolute Gasteiger partial charge is 0.336 e. The lowest BCUT2D eigenvalue weighted by Gasteiger charge is -2.07. The van der Waals surface area contributed by atoms with Crippen LogP contribution in [0.15, 0.2) is 24.4 Å². The standard InChI is InChI=1S/C14H16N2O2/c1-4-13-12(8-16(3)15-13)11-7-9(2)5-6-10(11)14(17)18/h5-8H,4H2,1-3H3,(H,17,18). The molecule has 0 atom stereocenters. The van der Waals surface area contributed by atoms with Crippen molar-refractivity contribution in [2.24, 2.45) is 7.05 Å². The van der Waals surface area contributed by atoms with Gasteiger partial charge in [0.15, 0.2) is 0 Å². The number of aromatic carboxylic acids is 1. The maximum Gasteiger partial charge on any atom is 0.336 e. The number of carbonyl (C=O) groups is 1. The minimum absolute atomic E-state index is 0.323. The molecule has 18 heavy (non-hydrogen) atoms. The van der Waals surface area contributed by atoms with Crippen LogP contribution in [0, 0.1) is 6.92 Å². The highest BCUT2D eigenvalue weighted by atomic mass is 16.4. The molecular formula is C14H16N2O2. The van der Waals surface area contributed by atoms with Gasteiger partial charge in [0.25, 0.3) is 0 Å². The van der Waals surface area contributed by atoms with Gasteiger partial charge in [0, 0.05) is 18.8 Å². The number of carboxylic acid groups (broad SMARTS) is 1. The second-order valence-electron chi connectivity index (χ2n) is 4.37. The quantitative estimate of drug-likeness (QED) is 0.903. The normalized spacial score (nSPS) is 10.6. The van der Waals surface area contributed by atoms with Gasteiger partial charge in [0.1, 0.15) is 0 Å². The Bertz CT molecular complexity index is 600. The van der Waals surface area contributed by atoms with Crippen LogP contribution in [0.4, 0.5) is 0 Å². The first-order chi connectivity index (χ1) is 8.52. The van der Waals surface area contributed by atoms with Gasteiger partial charge in [-0.2, -0.15) is 5.10 Å². The predicted octanol–water partition coefficient (Wildman–Crippen LogP) is 2.66. The van der Waals surface area contributed by atoms with Crippen molar-refractivity contribution in [3.8, 4) is 11.1 Å². The molecule has 1 heterocycles. The summed E-state index contributed by atoms with van der Waals surface area (Å²) in [5.74, 6) is -0.907. The summed E-state index contributed by atoms with van der Waals surface area (Å²) in [6.07, 6.45) is 2.66. The van der Waals surface area contributed by atoms with Crippen LogP contribution in [0.5, 0.6) is 0 Å². The molecule has 0 amide bonds. The van der Waals surface area contributed by atoms with E-state index in [1.54, 1.807) is 10.7 Å². The van der Waals surface area contributed by atoms with Crippen LogP contribution in [0.2, 0.25) is 0 Å². The fraction of sp³-hybridized carbons (Fsp3) is 0.286. The summed E-state index contributed by atoms with van der Waals surface area (Å²) >= 11 is 0. The number of carboxylic acids is 1. The molecule has 0 spiro atoms. The Balaban J connectivity index is 2.68. The highest BCUT2D eigenvalue weighted by molar-refractivity contribution is 5.96. The summed E-state index contributed by atoms with van der Waals surface area (Å²) in [5, 5.41) is 13.6. The Kier molecular flexibility index (Phi) is 3.19. The van der Waals surface area contributed by atoms with Crippen LogP contribution < -0.4 is 0 Å². The molecule has 1 aromatic carbocycles. The lowest BCUT2D eigenvalue weighted by atomic mass is 9.97. The second-order valence-corrected chi connectivity index (χ2v) is 4.37. The van der Waals surface area contributed by atoms with E-state index < -0.39 is 5.97 Å². The average Bonchev–Trinajstić information content (AvgIpc) is 2.69. The molecule has 0 radical (unpaired) electrons. The van der Waals surface area contributed by atoms with Gasteiger partial charge in [-0.15, -0.1) is 0 Å². The van der Waals surface area contributed by atoms with Gasteiger partial charge in [-0.25, -0.2) is 4.79 Å². The molecule has 0 aliphatic carbocycles. The van der Waals surface area contributed by atoms with Gasteiger partial charge >= 0.3 is 5.97 Å². The molecule has 1 aromatic heterocycles. The Morgan fingerprint density at radius 3 is 2.72 bits per heavy atom. The summed E-state index contributed by atoms with van der Waals surface area (Å²) in [4.78, 5) is 11.3. The van der Waals surface area contributed by atoms with E-state index in [2.05, 4.69) is 5.10 Å². The molecule has 0 saturated heterocycles. The van der Waals surface area contributed by atoms with Crippen molar-refractivity contribution in [2.45, 2.75) is 20.3 Å². The van der Waals surface area contributed by atoms with Crippen molar-refractivity contribution in [2.75, 3.05) is 0 Å². The largest absolute Gasteiger partial charge is 0.478 e. The third kappa shape index (κ3) is 2.14. The predicted molar refractivity (Wildman–Crippen MR) is 69.7 cm³/mol. The molecule has 0 aliphatic heterocycles. The molecule has 4 nitrogen and oxygen atoms in total. The number of hydrogen-bond acceptors (Lipinski definition) is 2. The fourth-order valence-electron chi connectivity index (χ4n) is 2.09. The average molecular weight is 244 g/mol. The number of nitrogens with zero attached hydrogens (tertiary/aromatic N) is 2. The molecular weight excluding hydrogens is 228 g/mol. The van der Waals surface area contributed by atoms with Gasteiger partial charge in [-0.05, 0) is 25.0 Å². The molecule has 0 aliphatic rings. The van der Waals surface area contributed by atoms with E-state index in [1.165, 1.54) is 0 Å². The Morgan fingerprint density at radius 1 is 1.39 bits per heavy atom. The summed E-state index contributed by atoms with van der Waals surface area (Å²) in [6, 6.07) is 5.37. The van der Waals surface area contributed by atoms with Crippen LogP contribution >= 0.6 is 0 Å². The molecule has 0 saturated carbocycles. The van der Waals surface area contributed by atoms with Crippen LogP contribution in [0.25, 0.3) is 11.1 Å². The van der Waals surface area contributed by atoms with Crippen LogP contribution in [0.3, 0.4) is 0 Å². The number of rotatable bonds is 3. The van der Waals surface area contributed by atoms with Crippen molar-refractivity contribution < 1.29 is 9.90 Å². The van der Waals surface area contributed by atoms with E-state index in [1.807, 2.05) is 39.2 Å². The first kappa shape index (κ1) is 12.4. The Hall–Kier alpha value is -2.10. The fourth-order valence-corrected chi connectivity index (χ4v) is 2.09. The third-order valence-electron chi connectivity index (χ3n) is 2.94. The number of benzene rings is 1. The summed E-state index contributed by atoms with van der Waals surface area (Å²) in [7, 11) is 1.85. The zero-order chi connectivity index (χ0) is 13.3. The van der Waals surface area contributed by atoms with Crippen LogP contribution in [-0.2, 0) is 13.5 Å². The second kappa shape index (κ2) is 4.64. The summed E-state index contributed by atoms with van der Waals surface area (Å²) in [5.41, 5.74) is 3.93. The SMILES string of the molecule is CCc1nn(C)cc1-c1cc(C)ccc1C(=O)O. The molecule has 0 fully saturated rings. The van der Waals surface area contributed by atoms with E-state index in [0.717, 1.165) is 28.8 Å². The highest BCUT2D eigenvalue weighted by Gasteiger charge is 2.16. The summed E-state index contributed by atoms with van der Waals surface area (Å²) < 4.78 is 1.72. The molecule has 2 rings (SSSR count). The number of aromatic nitrogens is 2. The minimum Gasteiger partial charge on any atom is -0.478 e. The lowest BCUT2D eigenvalue weighted by Crippen LogP contribution is -2.00. The van der Waals surface area contributed by atoms with E-state index in [0.29, 0.717) is 5.56 Å². The van der Waals surface area contributed by atoms with Crippen LogP contribution in [0.1, 0.15) is 28.5 Å². The molecule has 0 unspecified atom stereocenters. The van der Waals surface area contributed by atoms with E-state index in [-0.39, 0.29) is 0 Å². The van der Waals surface area contributed by atoms with Gasteiger partial charge < -0.3 is 5.11 Å². The van der Waals surface area contributed by atoms with Gasteiger partial charge in [-0.3, -0.25) is 4.68 Å². The number of hydrogen-bond donors (Lipinski definition) is 1. The molecule has 2 aromatic rings. The van der Waals surface area contributed by atoms with E-state index in [4.69, 9.17) is 0 Å². The van der Waals surface area contributed by atoms with Gasteiger partial charge in [0.2, 0.25) is 0 Å². The number of aryl methyl sites for hydroxylation is 3. The van der Waals surface area contributed by atoms with Crippen molar-refractivity contribution in [1.29, 1.82) is 0 Å². The van der Waals surface area contributed by atoms with Crippen molar-refractivity contribution in [1.82, 2.24) is 9.78 Å². The van der Waals surface area contributed by atoms with Crippen molar-refractivity contribution >= 4 is 5.97 Å². The molecule has 1 N–H and O–H groups in total. The van der Waals surface area contributed by atoms with Gasteiger partial charge in [-0.1, -0.05) is 24.6 Å². The molecule has 94 valence electrons.